The molecule has 0 aliphatic heterocycles. The van der Waals surface area contributed by atoms with E-state index in [0.29, 0.717) is 51.7 Å². The summed E-state index contributed by atoms with van der Waals surface area (Å²) in [6.07, 6.45) is 6.49. The van der Waals surface area contributed by atoms with Crippen LogP contribution in [-0.4, -0.2) is 73.8 Å². The van der Waals surface area contributed by atoms with Crippen LogP contribution in [0.3, 0.4) is 0 Å². The predicted molar refractivity (Wildman–Crippen MR) is 129 cm³/mol. The molecule has 1 unspecified atom stereocenters. The second kappa shape index (κ2) is 16.3. The molecule has 2 rings (SSSR count). The molecule has 8 heteroatoms. The Kier molecular flexibility index (Phi) is 13.4. The Balaban J connectivity index is 1.83. The van der Waals surface area contributed by atoms with Crippen molar-refractivity contribution < 1.29 is 33.6 Å². The zero-order valence-electron chi connectivity index (χ0n) is 20.7. The van der Waals surface area contributed by atoms with Gasteiger partial charge in [-0.15, -0.1) is 0 Å². The Hall–Kier alpha value is -2.32. The lowest BCUT2D eigenvalue weighted by Crippen LogP contribution is -2.39. The molecular weight excluding hydrogens is 438 g/mol. The molecule has 192 valence electrons. The first-order chi connectivity index (χ1) is 16.5. The van der Waals surface area contributed by atoms with E-state index in [-0.39, 0.29) is 12.2 Å². The molecule has 1 aliphatic rings. The SMILES string of the molecule is CCCCOCCN(CCOc1ccc(CC(OCC)C(=O)O)cc1)C(=O)OC1CCCCC1. The summed E-state index contributed by atoms with van der Waals surface area (Å²) in [7, 11) is 0. The molecule has 0 spiro atoms. The van der Waals surface area contributed by atoms with Crippen molar-refractivity contribution in [1.82, 2.24) is 4.90 Å². The van der Waals surface area contributed by atoms with Gasteiger partial charge in [0.25, 0.3) is 0 Å². The van der Waals surface area contributed by atoms with Gasteiger partial charge < -0.3 is 29.0 Å². The first-order valence-corrected chi connectivity index (χ1v) is 12.6. The molecular formula is C26H41NO7. The van der Waals surface area contributed by atoms with Crippen LogP contribution in [0.15, 0.2) is 24.3 Å². The van der Waals surface area contributed by atoms with E-state index in [2.05, 4.69) is 6.92 Å². The molecule has 1 saturated carbocycles. The summed E-state index contributed by atoms with van der Waals surface area (Å²) in [5.74, 6) is -0.312. The summed E-state index contributed by atoms with van der Waals surface area (Å²) in [5.41, 5.74) is 0.857. The second-order valence-electron chi connectivity index (χ2n) is 8.58. The number of carboxylic acids is 1. The number of rotatable bonds is 16. The highest BCUT2D eigenvalue weighted by Gasteiger charge is 2.22. The molecule has 34 heavy (non-hydrogen) atoms. The summed E-state index contributed by atoms with van der Waals surface area (Å²) in [5, 5.41) is 9.24. The maximum absolute atomic E-state index is 12.8. The lowest BCUT2D eigenvalue weighted by molar-refractivity contribution is -0.149. The van der Waals surface area contributed by atoms with Gasteiger partial charge in [-0.3, -0.25) is 0 Å². The number of carbonyl (C=O) groups is 2. The minimum atomic E-state index is -0.971. The number of carboxylic acid groups (broad SMARTS) is 1. The van der Waals surface area contributed by atoms with Gasteiger partial charge in [0.15, 0.2) is 6.10 Å². The van der Waals surface area contributed by atoms with Crippen molar-refractivity contribution in [2.75, 3.05) is 39.5 Å². The number of hydrogen-bond acceptors (Lipinski definition) is 6. The fraction of sp³-hybridized carbons (Fsp3) is 0.692. The van der Waals surface area contributed by atoms with E-state index < -0.39 is 12.1 Å². The fourth-order valence-electron chi connectivity index (χ4n) is 3.85. The highest BCUT2D eigenvalue weighted by Crippen LogP contribution is 2.21. The van der Waals surface area contributed by atoms with E-state index in [9.17, 15) is 14.7 Å². The topological polar surface area (TPSA) is 94.5 Å². The molecule has 1 atom stereocenters. The summed E-state index contributed by atoms with van der Waals surface area (Å²) in [6, 6.07) is 7.28. The first-order valence-electron chi connectivity index (χ1n) is 12.6. The third kappa shape index (κ3) is 10.7. The average Bonchev–Trinajstić information content (AvgIpc) is 2.84. The van der Waals surface area contributed by atoms with Crippen molar-refractivity contribution in [2.24, 2.45) is 0 Å². The van der Waals surface area contributed by atoms with Gasteiger partial charge in [-0.1, -0.05) is 31.9 Å². The number of hydrogen-bond donors (Lipinski definition) is 1. The highest BCUT2D eigenvalue weighted by atomic mass is 16.6. The first kappa shape index (κ1) is 27.9. The predicted octanol–water partition coefficient (Wildman–Crippen LogP) is 4.69. The van der Waals surface area contributed by atoms with Gasteiger partial charge in [0.05, 0.1) is 13.2 Å². The zero-order valence-corrected chi connectivity index (χ0v) is 20.7. The second-order valence-corrected chi connectivity index (χ2v) is 8.58. The molecule has 1 N–H and O–H groups in total. The molecule has 0 saturated heterocycles. The third-order valence-corrected chi connectivity index (χ3v) is 5.84. The number of carbonyl (C=O) groups excluding carboxylic acids is 1. The van der Waals surface area contributed by atoms with Crippen LogP contribution in [0.4, 0.5) is 4.79 Å². The maximum Gasteiger partial charge on any atom is 0.410 e. The smallest absolute Gasteiger partial charge is 0.410 e. The lowest BCUT2D eigenvalue weighted by atomic mass is 9.98. The largest absolute Gasteiger partial charge is 0.492 e. The van der Waals surface area contributed by atoms with Gasteiger partial charge >= 0.3 is 12.1 Å². The molecule has 1 aromatic rings. The number of nitrogens with zero attached hydrogens (tertiary/aromatic N) is 1. The van der Waals surface area contributed by atoms with Crippen LogP contribution in [0, 0.1) is 0 Å². The Bertz CT molecular complexity index is 704. The molecule has 0 bridgehead atoms. The Morgan fingerprint density at radius 3 is 2.38 bits per heavy atom. The molecule has 8 nitrogen and oxygen atoms in total. The number of amides is 1. The van der Waals surface area contributed by atoms with E-state index in [4.69, 9.17) is 18.9 Å². The van der Waals surface area contributed by atoms with Gasteiger partial charge in [0, 0.05) is 26.2 Å². The van der Waals surface area contributed by atoms with Crippen LogP contribution >= 0.6 is 0 Å². The fourth-order valence-corrected chi connectivity index (χ4v) is 3.85. The summed E-state index contributed by atoms with van der Waals surface area (Å²) >= 11 is 0. The van der Waals surface area contributed by atoms with E-state index in [1.165, 1.54) is 6.42 Å². The third-order valence-electron chi connectivity index (χ3n) is 5.84. The number of unbranched alkanes of at least 4 members (excludes halogenated alkanes) is 1. The van der Waals surface area contributed by atoms with Crippen LogP contribution in [0.2, 0.25) is 0 Å². The number of benzene rings is 1. The van der Waals surface area contributed by atoms with Gasteiger partial charge in [-0.25, -0.2) is 9.59 Å². The quantitative estimate of drug-likeness (QED) is 0.344. The monoisotopic (exact) mass is 479 g/mol. The van der Waals surface area contributed by atoms with Gasteiger partial charge in [-0.2, -0.15) is 0 Å². The van der Waals surface area contributed by atoms with Crippen molar-refractivity contribution in [2.45, 2.75) is 77.4 Å². The molecule has 1 fully saturated rings. The van der Waals surface area contributed by atoms with E-state index in [1.54, 1.807) is 24.0 Å². The summed E-state index contributed by atoms with van der Waals surface area (Å²) in [6.45, 7) is 6.59. The summed E-state index contributed by atoms with van der Waals surface area (Å²) < 4.78 is 22.5. The Labute approximate surface area is 203 Å². The van der Waals surface area contributed by atoms with Crippen molar-refractivity contribution in [1.29, 1.82) is 0 Å². The Morgan fingerprint density at radius 1 is 1.03 bits per heavy atom. The average molecular weight is 480 g/mol. The van der Waals surface area contributed by atoms with Crippen LogP contribution < -0.4 is 4.74 Å². The van der Waals surface area contributed by atoms with Crippen LogP contribution in [0.1, 0.15) is 64.4 Å². The zero-order chi connectivity index (χ0) is 24.6. The van der Waals surface area contributed by atoms with E-state index >= 15 is 0 Å². The van der Waals surface area contributed by atoms with Crippen LogP contribution in [-0.2, 0) is 25.4 Å². The highest BCUT2D eigenvalue weighted by molar-refractivity contribution is 5.72. The van der Waals surface area contributed by atoms with Crippen LogP contribution in [0.25, 0.3) is 0 Å². The van der Waals surface area contributed by atoms with Crippen molar-refractivity contribution in [3.63, 3.8) is 0 Å². The summed E-state index contributed by atoms with van der Waals surface area (Å²) in [4.78, 5) is 25.7. The maximum atomic E-state index is 12.8. The molecule has 0 radical (unpaired) electrons. The minimum Gasteiger partial charge on any atom is -0.492 e. The van der Waals surface area contributed by atoms with Gasteiger partial charge in [0.2, 0.25) is 0 Å². The Morgan fingerprint density at radius 2 is 1.74 bits per heavy atom. The molecule has 0 aromatic heterocycles. The van der Waals surface area contributed by atoms with Crippen molar-refractivity contribution in [3.05, 3.63) is 29.8 Å². The lowest BCUT2D eigenvalue weighted by Gasteiger charge is -2.27. The molecule has 1 aromatic carbocycles. The van der Waals surface area contributed by atoms with Gasteiger partial charge in [-0.05, 0) is 56.7 Å². The van der Waals surface area contributed by atoms with Gasteiger partial charge in [0.1, 0.15) is 18.5 Å². The van der Waals surface area contributed by atoms with E-state index in [1.807, 2.05) is 12.1 Å². The normalized spacial score (nSPS) is 15.0. The molecule has 1 amide bonds. The number of aliphatic carboxylic acids is 1. The molecule has 0 heterocycles. The number of ether oxygens (including phenoxy) is 4. The molecule has 1 aliphatic carbocycles. The van der Waals surface area contributed by atoms with E-state index in [0.717, 1.165) is 44.1 Å². The minimum absolute atomic E-state index is 0.00420. The van der Waals surface area contributed by atoms with Crippen LogP contribution in [0.5, 0.6) is 5.75 Å². The standard InChI is InChI=1S/C26H41NO7/c1-3-5-17-31-18-15-27(26(30)34-23-9-7-6-8-10-23)16-19-33-22-13-11-21(12-14-22)20-24(25(28)29)32-4-2/h11-14,23-24H,3-10,15-20H2,1-2H3,(H,28,29). The van der Waals surface area contributed by atoms with Crippen molar-refractivity contribution in [3.8, 4) is 5.75 Å². The van der Waals surface area contributed by atoms with Crippen molar-refractivity contribution >= 4 is 12.1 Å².